The molecule has 13 heteroatoms. The maximum atomic E-state index is 12.6. The van der Waals surface area contributed by atoms with Crippen molar-refractivity contribution in [3.8, 4) is 10.7 Å². The Morgan fingerprint density at radius 3 is 2.83 bits per heavy atom. The number of nitrogens with one attached hydrogen (secondary N) is 1. The molecular weight excluding hydrogens is 574 g/mol. The fourth-order valence-corrected chi connectivity index (χ4v) is 7.07. The number of rotatable bonds is 7. The number of methoxy groups -OCH3 is 1. The maximum Gasteiger partial charge on any atom is 0.252 e. The van der Waals surface area contributed by atoms with Crippen molar-refractivity contribution >= 4 is 40.6 Å². The predicted octanol–water partition coefficient (Wildman–Crippen LogP) is 4.60. The van der Waals surface area contributed by atoms with E-state index >= 15 is 0 Å². The average molecular weight is 600 g/mol. The van der Waals surface area contributed by atoms with Crippen molar-refractivity contribution in [3.63, 3.8) is 0 Å². The molecule has 208 valence electrons. The van der Waals surface area contributed by atoms with Crippen LogP contribution in [0.1, 0.15) is 28.3 Å². The first-order valence-electron chi connectivity index (χ1n) is 12.6. The van der Waals surface area contributed by atoms with Crippen LogP contribution in [-0.4, -0.2) is 70.4 Å². The van der Waals surface area contributed by atoms with Crippen molar-refractivity contribution in [1.82, 2.24) is 25.3 Å². The van der Waals surface area contributed by atoms with Crippen molar-refractivity contribution in [2.24, 2.45) is 0 Å². The number of carbonyl (C=O) groups excluding carboxylic acids is 1. The van der Waals surface area contributed by atoms with Crippen LogP contribution in [0.4, 0.5) is 0 Å². The highest BCUT2D eigenvalue weighted by Gasteiger charge is 2.52. The molecular formula is C27H26ClN5O5S2. The van der Waals surface area contributed by atoms with Gasteiger partial charge < -0.3 is 24.3 Å². The quantitative estimate of drug-likeness (QED) is 0.326. The van der Waals surface area contributed by atoms with E-state index in [1.54, 1.807) is 43.2 Å². The van der Waals surface area contributed by atoms with Gasteiger partial charge >= 0.3 is 0 Å². The summed E-state index contributed by atoms with van der Waals surface area (Å²) in [5.74, 6) is -0.224. The van der Waals surface area contributed by atoms with Crippen LogP contribution in [0.25, 0.3) is 10.7 Å². The summed E-state index contributed by atoms with van der Waals surface area (Å²) in [5, 5.41) is 14.7. The lowest BCUT2D eigenvalue weighted by molar-refractivity contribution is -0.308. The first kappa shape index (κ1) is 27.3. The molecule has 2 aromatic carbocycles. The zero-order valence-electron chi connectivity index (χ0n) is 21.5. The molecule has 2 fully saturated rings. The van der Waals surface area contributed by atoms with Crippen LogP contribution in [0.2, 0.25) is 5.02 Å². The molecule has 6 rings (SSSR count). The zero-order chi connectivity index (χ0) is 27.6. The van der Waals surface area contributed by atoms with Crippen LogP contribution in [-0.2, 0) is 18.9 Å². The smallest absolute Gasteiger partial charge is 0.252 e. The van der Waals surface area contributed by atoms with Gasteiger partial charge in [-0.2, -0.15) is 0 Å². The molecule has 0 saturated carbocycles. The zero-order valence-corrected chi connectivity index (χ0v) is 23.9. The Hall–Kier alpha value is -2.84. The van der Waals surface area contributed by atoms with Gasteiger partial charge in [0, 0.05) is 41.2 Å². The second-order valence-electron chi connectivity index (χ2n) is 9.17. The van der Waals surface area contributed by atoms with Gasteiger partial charge in [-0.1, -0.05) is 58.9 Å². The standard InChI is InChI=1S/C27H26ClN5O5S2/c1-29-24(34)17-9-8-16(28)12-20(17)40-27-23(35-2)21(33-13-18(31-32-33)25-30-10-11-39-25)22-19(37-27)14-36-26(38-22)15-6-4-3-5-7-15/h3-13,19,21-23,26-27H,14H2,1-2H3,(H,29,34). The molecule has 40 heavy (non-hydrogen) atoms. The van der Waals surface area contributed by atoms with Crippen molar-refractivity contribution in [3.05, 3.63) is 82.5 Å². The number of benzene rings is 2. The van der Waals surface area contributed by atoms with Crippen LogP contribution in [0.3, 0.4) is 0 Å². The summed E-state index contributed by atoms with van der Waals surface area (Å²) in [4.78, 5) is 17.7. The number of carbonyl (C=O) groups is 1. The minimum Gasteiger partial charge on any atom is -0.375 e. The summed E-state index contributed by atoms with van der Waals surface area (Å²) < 4.78 is 27.1. The molecule has 6 unspecified atom stereocenters. The Balaban J connectivity index is 1.37. The molecule has 4 aromatic rings. The van der Waals surface area contributed by atoms with E-state index in [-0.39, 0.29) is 5.91 Å². The fourth-order valence-electron chi connectivity index (χ4n) is 4.90. The molecule has 0 aliphatic carbocycles. The molecule has 10 nitrogen and oxygen atoms in total. The number of thiazole rings is 1. The normalized spacial score (nSPS) is 26.3. The number of aromatic nitrogens is 4. The van der Waals surface area contributed by atoms with Crippen LogP contribution < -0.4 is 5.32 Å². The van der Waals surface area contributed by atoms with E-state index in [1.807, 2.05) is 41.9 Å². The van der Waals surface area contributed by atoms with E-state index in [4.69, 9.17) is 30.5 Å². The first-order valence-corrected chi connectivity index (χ1v) is 14.7. The Bertz CT molecular complexity index is 1460. The van der Waals surface area contributed by atoms with Crippen LogP contribution in [0.5, 0.6) is 0 Å². The van der Waals surface area contributed by atoms with Gasteiger partial charge in [-0.15, -0.1) is 16.4 Å². The summed E-state index contributed by atoms with van der Waals surface area (Å²) in [5.41, 5.74) is 1.49. The summed E-state index contributed by atoms with van der Waals surface area (Å²) in [7, 11) is 3.21. The van der Waals surface area contributed by atoms with Crippen molar-refractivity contribution in [2.45, 2.75) is 41.0 Å². The number of ether oxygens (including phenoxy) is 4. The van der Waals surface area contributed by atoms with E-state index in [2.05, 4.69) is 20.6 Å². The van der Waals surface area contributed by atoms with Gasteiger partial charge in [0.1, 0.15) is 40.5 Å². The topological polar surface area (TPSA) is 110 Å². The average Bonchev–Trinajstić information content (AvgIpc) is 3.69. The van der Waals surface area contributed by atoms with Crippen molar-refractivity contribution < 1.29 is 23.7 Å². The Morgan fingerprint density at radius 2 is 2.08 bits per heavy atom. The summed E-state index contributed by atoms with van der Waals surface area (Å²) >= 11 is 9.18. The highest BCUT2D eigenvalue weighted by Crippen LogP contribution is 2.45. The van der Waals surface area contributed by atoms with Crippen molar-refractivity contribution in [2.75, 3.05) is 20.8 Å². The van der Waals surface area contributed by atoms with E-state index in [9.17, 15) is 4.79 Å². The molecule has 2 aliphatic rings. The summed E-state index contributed by atoms with van der Waals surface area (Å²) in [6.45, 7) is 0.292. The third-order valence-electron chi connectivity index (χ3n) is 6.78. The van der Waals surface area contributed by atoms with E-state index in [0.717, 1.165) is 10.6 Å². The molecule has 2 aliphatic heterocycles. The number of fused-ring (bicyclic) bond motifs is 1. The molecule has 1 amide bonds. The molecule has 4 heterocycles. The highest BCUT2D eigenvalue weighted by atomic mass is 35.5. The number of hydrogen-bond donors (Lipinski definition) is 1. The van der Waals surface area contributed by atoms with Gasteiger partial charge in [0.15, 0.2) is 6.29 Å². The molecule has 1 N–H and O–H groups in total. The summed E-state index contributed by atoms with van der Waals surface area (Å²) in [6, 6.07) is 14.5. The molecule has 2 aromatic heterocycles. The third-order valence-corrected chi connectivity index (χ3v) is 9.01. The number of nitrogens with zero attached hydrogens (tertiary/aromatic N) is 4. The van der Waals surface area contributed by atoms with Gasteiger partial charge in [0.25, 0.3) is 5.91 Å². The molecule has 0 radical (unpaired) electrons. The molecule has 6 atom stereocenters. The van der Waals surface area contributed by atoms with Crippen LogP contribution >= 0.6 is 34.7 Å². The van der Waals surface area contributed by atoms with Crippen molar-refractivity contribution in [1.29, 1.82) is 0 Å². The highest BCUT2D eigenvalue weighted by molar-refractivity contribution is 8.00. The van der Waals surface area contributed by atoms with Gasteiger partial charge in [-0.25, -0.2) is 9.67 Å². The van der Waals surface area contributed by atoms with E-state index < -0.39 is 36.1 Å². The van der Waals surface area contributed by atoms with Gasteiger partial charge in [0.2, 0.25) is 0 Å². The lowest BCUT2D eigenvalue weighted by Gasteiger charge is -2.48. The van der Waals surface area contributed by atoms with Gasteiger partial charge in [-0.05, 0) is 18.2 Å². The minimum absolute atomic E-state index is 0.224. The first-order chi connectivity index (χ1) is 19.6. The lowest BCUT2D eigenvalue weighted by Crippen LogP contribution is -2.59. The monoisotopic (exact) mass is 599 g/mol. The van der Waals surface area contributed by atoms with Gasteiger partial charge in [-0.3, -0.25) is 4.79 Å². The SMILES string of the molecule is CNC(=O)c1ccc(Cl)cc1SC1OC2COC(c3ccccc3)OC2C(n2cc(-c3nccs3)nn2)C1OC. The van der Waals surface area contributed by atoms with E-state index in [0.29, 0.717) is 27.8 Å². The van der Waals surface area contributed by atoms with Crippen LogP contribution in [0, 0.1) is 0 Å². The third kappa shape index (κ3) is 5.40. The fraction of sp³-hybridized carbons (Fsp3) is 0.333. The Labute approximate surface area is 243 Å². The molecule has 0 spiro atoms. The maximum absolute atomic E-state index is 12.6. The largest absolute Gasteiger partial charge is 0.375 e. The molecule has 0 bridgehead atoms. The van der Waals surface area contributed by atoms with E-state index in [1.165, 1.54) is 23.1 Å². The number of amides is 1. The predicted molar refractivity (Wildman–Crippen MR) is 150 cm³/mol. The van der Waals surface area contributed by atoms with Gasteiger partial charge in [0.05, 0.1) is 18.4 Å². The minimum atomic E-state index is -0.579. The Morgan fingerprint density at radius 1 is 1.23 bits per heavy atom. The second-order valence-corrected chi connectivity index (χ2v) is 11.6. The molecule has 2 saturated heterocycles. The second kappa shape index (κ2) is 12.0. The lowest BCUT2D eigenvalue weighted by atomic mass is 9.96. The number of thioether (sulfide) groups is 1. The number of halogens is 1. The Kier molecular flexibility index (Phi) is 8.17. The summed E-state index contributed by atoms with van der Waals surface area (Å²) in [6.07, 6.45) is 1.56. The van der Waals surface area contributed by atoms with Crippen LogP contribution in [0.15, 0.2) is 71.2 Å². The number of hydrogen-bond acceptors (Lipinski definition) is 10.